The maximum atomic E-state index is 6.77. The number of fused-ring (bicyclic) bond motifs is 1. The molecule has 0 spiro atoms. The van der Waals surface area contributed by atoms with E-state index in [0.29, 0.717) is 41.7 Å². The summed E-state index contributed by atoms with van der Waals surface area (Å²) in [5.74, 6) is 3.72. The van der Waals surface area contributed by atoms with Crippen LogP contribution in [0.25, 0.3) is 16.7 Å². The highest BCUT2D eigenvalue weighted by atomic mass is 28.4. The molecular formula is C35H52N8O4Si. The lowest BCUT2D eigenvalue weighted by Gasteiger charge is -2.38. The Balaban J connectivity index is 1.37. The molecule has 1 N–H and O–H groups in total. The molecule has 2 fully saturated rings. The van der Waals surface area contributed by atoms with Gasteiger partial charge in [-0.25, -0.2) is 9.67 Å². The van der Waals surface area contributed by atoms with Crippen LogP contribution in [0.3, 0.4) is 0 Å². The van der Waals surface area contributed by atoms with Crippen molar-refractivity contribution >= 4 is 36.9 Å². The van der Waals surface area contributed by atoms with Gasteiger partial charge in [0, 0.05) is 18.7 Å². The molecule has 3 aromatic heterocycles. The summed E-state index contributed by atoms with van der Waals surface area (Å²) >= 11 is 0. The highest BCUT2D eigenvalue weighted by Crippen LogP contribution is 2.41. The monoisotopic (exact) mass is 676 g/mol. The summed E-state index contributed by atoms with van der Waals surface area (Å²) < 4.78 is 27.5. The fourth-order valence-corrected chi connectivity index (χ4v) is 7.74. The number of nitrogens with one attached hydrogen (secondary N) is 1. The molecule has 0 unspecified atom stereocenters. The first kappa shape index (κ1) is 34.0. The first-order valence-corrected chi connectivity index (χ1v) is 20.1. The average molecular weight is 677 g/mol. The quantitative estimate of drug-likeness (QED) is 0.160. The molecule has 1 saturated heterocycles. The molecule has 48 heavy (non-hydrogen) atoms. The number of imidazole rings is 1. The molecule has 4 aromatic rings. The van der Waals surface area contributed by atoms with Gasteiger partial charge in [0.05, 0.1) is 63.0 Å². The second-order valence-electron chi connectivity index (χ2n) is 14.6. The van der Waals surface area contributed by atoms with Crippen molar-refractivity contribution < 1.29 is 18.6 Å². The maximum absolute atomic E-state index is 6.77. The smallest absolute Gasteiger partial charge is 0.232 e. The Morgan fingerprint density at radius 1 is 0.938 bits per heavy atom. The number of hydrogen-bond donors (Lipinski definition) is 1. The van der Waals surface area contributed by atoms with Crippen molar-refractivity contribution in [1.29, 1.82) is 0 Å². The number of ether oxygens (including phenoxy) is 3. The standard InChI is InChI=1S/C35H52N8O4Si/c1-23-30-32(42-17-13-16-25(42)21-47-48(8,9)35(2,3)4)38-34(39-33(30)43(40-23)24-14-11-10-12-15-24)37-29-20-41(22-36-29)26-18-27(44-5)31(46-7)28(19-26)45-6/h18-20,22,24-25H,10-17,21H2,1-9H3,(H,37,38,39)/t25-/m0/s1. The number of anilines is 3. The van der Waals surface area contributed by atoms with Gasteiger partial charge in [-0.1, -0.05) is 40.0 Å². The number of nitrogens with zero attached hydrogens (tertiary/aromatic N) is 7. The molecule has 1 saturated carbocycles. The van der Waals surface area contributed by atoms with Crippen LogP contribution in [0.2, 0.25) is 18.1 Å². The van der Waals surface area contributed by atoms with Crippen LogP contribution in [0.15, 0.2) is 24.7 Å². The number of aromatic nitrogens is 6. The van der Waals surface area contributed by atoms with E-state index < -0.39 is 8.32 Å². The first-order chi connectivity index (χ1) is 22.9. The Bertz CT molecular complexity index is 1720. The molecule has 0 amide bonds. The molecular weight excluding hydrogens is 625 g/mol. The molecule has 2 aliphatic rings. The van der Waals surface area contributed by atoms with Crippen LogP contribution in [-0.4, -0.2) is 78.1 Å². The predicted molar refractivity (Wildman–Crippen MR) is 192 cm³/mol. The SMILES string of the molecule is COc1cc(-n2cnc(Nc3nc(N4CCC[C@H]4CO[Si](C)(C)C(C)(C)C)c4c(C)nn(C5CCCCC5)c4n3)c2)cc(OC)c1OC. The predicted octanol–water partition coefficient (Wildman–Crippen LogP) is 7.59. The van der Waals surface area contributed by atoms with Crippen LogP contribution in [0.4, 0.5) is 17.6 Å². The molecule has 4 heterocycles. The van der Waals surface area contributed by atoms with Gasteiger partial charge in [0.2, 0.25) is 11.7 Å². The molecule has 1 aliphatic heterocycles. The molecule has 260 valence electrons. The van der Waals surface area contributed by atoms with Crippen LogP contribution in [0, 0.1) is 6.92 Å². The summed E-state index contributed by atoms with van der Waals surface area (Å²) in [7, 11) is 2.90. The van der Waals surface area contributed by atoms with E-state index in [2.05, 4.69) is 60.7 Å². The molecule has 0 bridgehead atoms. The zero-order valence-electron chi connectivity index (χ0n) is 30.1. The molecule has 12 nitrogen and oxygen atoms in total. The van der Waals surface area contributed by atoms with Crippen LogP contribution >= 0.6 is 0 Å². The minimum atomic E-state index is -1.91. The van der Waals surface area contributed by atoms with Crippen molar-refractivity contribution in [3.8, 4) is 22.9 Å². The van der Waals surface area contributed by atoms with Gasteiger partial charge in [0.1, 0.15) is 12.1 Å². The van der Waals surface area contributed by atoms with Gasteiger partial charge in [0.15, 0.2) is 31.3 Å². The third kappa shape index (κ3) is 6.58. The number of aryl methyl sites for hydroxylation is 1. The molecule has 1 atom stereocenters. The number of hydrogen-bond acceptors (Lipinski definition) is 10. The molecule has 1 aliphatic carbocycles. The average Bonchev–Trinajstić information content (AvgIpc) is 3.82. The highest BCUT2D eigenvalue weighted by molar-refractivity contribution is 6.74. The van der Waals surface area contributed by atoms with Gasteiger partial charge in [0.25, 0.3) is 0 Å². The lowest BCUT2D eigenvalue weighted by atomic mass is 9.96. The minimum absolute atomic E-state index is 0.152. The number of rotatable bonds is 11. The summed E-state index contributed by atoms with van der Waals surface area (Å²) in [5, 5.41) is 9.72. The largest absolute Gasteiger partial charge is 0.493 e. The summed E-state index contributed by atoms with van der Waals surface area (Å²) in [6.45, 7) is 15.2. The number of benzene rings is 1. The van der Waals surface area contributed by atoms with E-state index in [1.165, 1.54) is 19.3 Å². The topological polar surface area (TPSA) is 114 Å². The Morgan fingerprint density at radius 3 is 2.29 bits per heavy atom. The Hall–Kier alpha value is -3.84. The lowest BCUT2D eigenvalue weighted by Crippen LogP contribution is -2.45. The number of methoxy groups -OCH3 is 3. The first-order valence-electron chi connectivity index (χ1n) is 17.2. The van der Waals surface area contributed by atoms with E-state index in [9.17, 15) is 0 Å². The van der Waals surface area contributed by atoms with Crippen LogP contribution in [-0.2, 0) is 4.43 Å². The highest BCUT2D eigenvalue weighted by Gasteiger charge is 2.39. The maximum Gasteiger partial charge on any atom is 0.232 e. The van der Waals surface area contributed by atoms with E-state index in [4.69, 9.17) is 33.7 Å². The normalized spacial score (nSPS) is 17.7. The van der Waals surface area contributed by atoms with Crippen molar-refractivity contribution in [3.05, 3.63) is 30.4 Å². The van der Waals surface area contributed by atoms with Gasteiger partial charge < -0.3 is 33.4 Å². The lowest BCUT2D eigenvalue weighted by molar-refractivity contribution is 0.263. The van der Waals surface area contributed by atoms with E-state index >= 15 is 0 Å². The van der Waals surface area contributed by atoms with Gasteiger partial charge in [-0.05, 0) is 50.7 Å². The fourth-order valence-electron chi connectivity index (χ4n) is 6.70. The van der Waals surface area contributed by atoms with Gasteiger partial charge in [-0.2, -0.15) is 15.1 Å². The van der Waals surface area contributed by atoms with Crippen molar-refractivity contribution in [2.75, 3.05) is 44.7 Å². The van der Waals surface area contributed by atoms with Crippen molar-refractivity contribution in [3.63, 3.8) is 0 Å². The summed E-state index contributed by atoms with van der Waals surface area (Å²) in [6.07, 6.45) is 11.7. The van der Waals surface area contributed by atoms with Gasteiger partial charge >= 0.3 is 0 Å². The molecule has 0 radical (unpaired) electrons. The second kappa shape index (κ2) is 13.6. The summed E-state index contributed by atoms with van der Waals surface area (Å²) in [5.41, 5.74) is 2.67. The Morgan fingerprint density at radius 2 is 1.65 bits per heavy atom. The van der Waals surface area contributed by atoms with Gasteiger partial charge in [-0.3, -0.25) is 0 Å². The van der Waals surface area contributed by atoms with Crippen LogP contribution in [0.5, 0.6) is 17.2 Å². The van der Waals surface area contributed by atoms with E-state index in [0.717, 1.165) is 60.5 Å². The zero-order chi connectivity index (χ0) is 34.2. The second-order valence-corrected chi connectivity index (χ2v) is 19.4. The summed E-state index contributed by atoms with van der Waals surface area (Å²) in [6, 6.07) is 4.35. The van der Waals surface area contributed by atoms with Gasteiger partial charge in [-0.15, -0.1) is 0 Å². The zero-order valence-corrected chi connectivity index (χ0v) is 31.1. The van der Waals surface area contributed by atoms with Crippen molar-refractivity contribution in [1.82, 2.24) is 29.3 Å². The van der Waals surface area contributed by atoms with E-state index in [1.807, 2.05) is 22.9 Å². The van der Waals surface area contributed by atoms with E-state index in [-0.39, 0.29) is 11.1 Å². The third-order valence-corrected chi connectivity index (χ3v) is 15.0. The van der Waals surface area contributed by atoms with Crippen molar-refractivity contribution in [2.24, 2.45) is 0 Å². The molecule has 1 aromatic carbocycles. The Labute approximate surface area is 285 Å². The molecule has 6 rings (SSSR count). The third-order valence-electron chi connectivity index (χ3n) is 10.5. The minimum Gasteiger partial charge on any atom is -0.493 e. The Kier molecular flexibility index (Phi) is 9.63. The molecule has 13 heteroatoms. The summed E-state index contributed by atoms with van der Waals surface area (Å²) in [4.78, 5) is 17.4. The fraction of sp³-hybridized carbons (Fsp3) is 0.600. The van der Waals surface area contributed by atoms with Crippen molar-refractivity contribution in [2.45, 2.75) is 103 Å². The van der Waals surface area contributed by atoms with Crippen LogP contribution in [0.1, 0.15) is 77.5 Å². The van der Waals surface area contributed by atoms with Crippen LogP contribution < -0.4 is 24.4 Å². The van der Waals surface area contributed by atoms with E-state index in [1.54, 1.807) is 27.7 Å².